The first-order valence-corrected chi connectivity index (χ1v) is 6.10. The smallest absolute Gasteiger partial charge is 0.277 e. The van der Waals surface area contributed by atoms with Crippen LogP contribution in [-0.2, 0) is 11.2 Å². The van der Waals surface area contributed by atoms with E-state index in [0.29, 0.717) is 11.1 Å². The second-order valence-electron chi connectivity index (χ2n) is 3.76. The summed E-state index contributed by atoms with van der Waals surface area (Å²) in [6, 6.07) is 6.56. The lowest BCUT2D eigenvalue weighted by Gasteiger charge is -2.03. The fourth-order valence-corrected chi connectivity index (χ4v) is 2.36. The predicted octanol–water partition coefficient (Wildman–Crippen LogP) is 2.35. The first-order chi connectivity index (χ1) is 8.58. The van der Waals surface area contributed by atoms with Gasteiger partial charge in [-0.25, -0.2) is 0 Å². The largest absolute Gasteiger partial charge is 0.369 e. The Kier molecular flexibility index (Phi) is 3.38. The van der Waals surface area contributed by atoms with E-state index in [0.717, 1.165) is 5.56 Å². The van der Waals surface area contributed by atoms with Gasteiger partial charge in [-0.15, -0.1) is 0 Å². The average Bonchev–Trinajstić information content (AvgIpc) is 2.81. The van der Waals surface area contributed by atoms with E-state index >= 15 is 0 Å². The summed E-state index contributed by atoms with van der Waals surface area (Å²) in [5.41, 5.74) is 6.97. The molecule has 1 aromatic carbocycles. The summed E-state index contributed by atoms with van der Waals surface area (Å²) >= 11 is 1.47. The maximum Gasteiger partial charge on any atom is 0.277 e. The van der Waals surface area contributed by atoms with Gasteiger partial charge < -0.3 is 5.73 Å². The van der Waals surface area contributed by atoms with Crippen molar-refractivity contribution in [1.29, 1.82) is 0 Å². The molecule has 0 atom stereocenters. The van der Waals surface area contributed by atoms with Crippen molar-refractivity contribution in [2.45, 2.75) is 6.42 Å². The Hall–Kier alpha value is -2.21. The fourth-order valence-electron chi connectivity index (χ4n) is 1.70. The Morgan fingerprint density at radius 1 is 1.39 bits per heavy atom. The lowest BCUT2D eigenvalue weighted by Crippen LogP contribution is -2.13. The van der Waals surface area contributed by atoms with Crippen molar-refractivity contribution >= 4 is 22.9 Å². The van der Waals surface area contributed by atoms with Crippen LogP contribution in [0.25, 0.3) is 11.1 Å². The molecular weight excluding hydrogens is 252 g/mol. The lowest BCUT2D eigenvalue weighted by molar-refractivity contribution is -0.384. The molecule has 18 heavy (non-hydrogen) atoms. The third-order valence-corrected chi connectivity index (χ3v) is 3.15. The number of hydrogen-bond donors (Lipinski definition) is 1. The van der Waals surface area contributed by atoms with Crippen LogP contribution in [-0.4, -0.2) is 10.8 Å². The second-order valence-corrected chi connectivity index (χ2v) is 4.54. The number of nitrogens with two attached hydrogens (primary N) is 1. The van der Waals surface area contributed by atoms with E-state index in [-0.39, 0.29) is 12.1 Å². The molecule has 0 saturated heterocycles. The number of amides is 1. The molecule has 0 radical (unpaired) electrons. The van der Waals surface area contributed by atoms with E-state index in [1.165, 1.54) is 17.4 Å². The van der Waals surface area contributed by atoms with Gasteiger partial charge in [0.05, 0.1) is 16.9 Å². The van der Waals surface area contributed by atoms with E-state index in [1.54, 1.807) is 12.1 Å². The zero-order valence-corrected chi connectivity index (χ0v) is 10.1. The molecule has 6 heteroatoms. The third kappa shape index (κ3) is 2.54. The molecule has 92 valence electrons. The summed E-state index contributed by atoms with van der Waals surface area (Å²) in [6.45, 7) is 0. The van der Waals surface area contributed by atoms with Crippen molar-refractivity contribution in [3.8, 4) is 11.1 Å². The average molecular weight is 262 g/mol. The normalized spacial score (nSPS) is 10.2. The minimum absolute atomic E-state index is 0.00472. The molecule has 5 nitrogen and oxygen atoms in total. The Bertz CT molecular complexity index is 593. The quantitative estimate of drug-likeness (QED) is 0.677. The molecule has 1 amide bonds. The number of nitro groups is 1. The topological polar surface area (TPSA) is 86.2 Å². The number of hydrogen-bond acceptors (Lipinski definition) is 4. The summed E-state index contributed by atoms with van der Waals surface area (Å²) in [5, 5.41) is 14.7. The van der Waals surface area contributed by atoms with Crippen LogP contribution in [0.15, 0.2) is 35.0 Å². The van der Waals surface area contributed by atoms with E-state index in [1.807, 2.05) is 16.8 Å². The highest BCUT2D eigenvalue weighted by atomic mass is 32.1. The first kappa shape index (κ1) is 12.3. The van der Waals surface area contributed by atoms with Crippen molar-refractivity contribution in [3.05, 3.63) is 50.7 Å². The van der Waals surface area contributed by atoms with Crippen LogP contribution in [0.3, 0.4) is 0 Å². The van der Waals surface area contributed by atoms with Gasteiger partial charge in [0.2, 0.25) is 5.91 Å². The zero-order valence-electron chi connectivity index (χ0n) is 9.33. The van der Waals surface area contributed by atoms with Gasteiger partial charge in [0.1, 0.15) is 0 Å². The molecule has 0 aliphatic heterocycles. The van der Waals surface area contributed by atoms with Gasteiger partial charge in [-0.2, -0.15) is 11.3 Å². The standard InChI is InChI=1S/C12H10N2O3S/c13-12(15)6-8-1-2-10(9-3-4-18-7-9)11(5-8)14(16)17/h1-5,7H,6H2,(H2,13,15). The number of carbonyl (C=O) groups excluding carboxylic acids is 1. The van der Waals surface area contributed by atoms with Crippen molar-refractivity contribution in [3.63, 3.8) is 0 Å². The van der Waals surface area contributed by atoms with Crippen LogP contribution in [0.1, 0.15) is 5.56 Å². The number of rotatable bonds is 4. The number of benzene rings is 1. The summed E-state index contributed by atoms with van der Waals surface area (Å²) in [5.74, 6) is -0.507. The van der Waals surface area contributed by atoms with Crippen molar-refractivity contribution < 1.29 is 9.72 Å². The van der Waals surface area contributed by atoms with E-state index in [9.17, 15) is 14.9 Å². The molecule has 0 aliphatic carbocycles. The molecule has 0 aliphatic rings. The van der Waals surface area contributed by atoms with Crippen molar-refractivity contribution in [2.24, 2.45) is 5.73 Å². The van der Waals surface area contributed by atoms with Gasteiger partial charge >= 0.3 is 0 Å². The Balaban J connectivity index is 2.48. The predicted molar refractivity (Wildman–Crippen MR) is 69.3 cm³/mol. The fraction of sp³-hybridized carbons (Fsp3) is 0.0833. The molecule has 2 rings (SSSR count). The molecule has 1 heterocycles. The first-order valence-electron chi connectivity index (χ1n) is 5.16. The minimum Gasteiger partial charge on any atom is -0.369 e. The molecule has 0 bridgehead atoms. The van der Waals surface area contributed by atoms with Gasteiger partial charge in [-0.1, -0.05) is 6.07 Å². The maximum atomic E-state index is 11.0. The maximum absolute atomic E-state index is 11.0. The molecule has 0 fully saturated rings. The van der Waals surface area contributed by atoms with Gasteiger partial charge in [0.25, 0.3) is 5.69 Å². The van der Waals surface area contributed by atoms with Gasteiger partial charge in [-0.3, -0.25) is 14.9 Å². The monoisotopic (exact) mass is 262 g/mol. The number of carbonyl (C=O) groups is 1. The van der Waals surface area contributed by atoms with Crippen LogP contribution in [0.4, 0.5) is 5.69 Å². The highest BCUT2D eigenvalue weighted by molar-refractivity contribution is 7.08. The zero-order chi connectivity index (χ0) is 13.1. The number of thiophene rings is 1. The number of primary amides is 1. The van der Waals surface area contributed by atoms with Crippen molar-refractivity contribution in [2.75, 3.05) is 0 Å². The molecular formula is C12H10N2O3S. The number of nitrogens with zero attached hydrogens (tertiary/aromatic N) is 1. The Morgan fingerprint density at radius 2 is 2.17 bits per heavy atom. The molecule has 2 aromatic rings. The minimum atomic E-state index is -0.507. The Labute approximate surface area is 107 Å². The number of nitro benzene ring substituents is 1. The van der Waals surface area contributed by atoms with Gasteiger partial charge in [-0.05, 0) is 34.0 Å². The highest BCUT2D eigenvalue weighted by Crippen LogP contribution is 2.32. The Morgan fingerprint density at radius 3 is 2.72 bits per heavy atom. The SMILES string of the molecule is NC(=O)Cc1ccc(-c2ccsc2)c([N+](=O)[O-])c1. The van der Waals surface area contributed by atoms with Crippen LogP contribution in [0.2, 0.25) is 0 Å². The summed E-state index contributed by atoms with van der Waals surface area (Å²) in [6.07, 6.45) is 0.00472. The molecule has 0 spiro atoms. The van der Waals surface area contributed by atoms with Crippen LogP contribution < -0.4 is 5.73 Å². The summed E-state index contributed by atoms with van der Waals surface area (Å²) in [7, 11) is 0. The van der Waals surface area contributed by atoms with Crippen molar-refractivity contribution in [1.82, 2.24) is 0 Å². The molecule has 0 saturated carbocycles. The van der Waals surface area contributed by atoms with E-state index in [4.69, 9.17) is 5.73 Å². The van der Waals surface area contributed by atoms with E-state index < -0.39 is 10.8 Å². The summed E-state index contributed by atoms with van der Waals surface area (Å²) in [4.78, 5) is 21.4. The second kappa shape index (κ2) is 4.97. The summed E-state index contributed by atoms with van der Waals surface area (Å²) < 4.78 is 0. The van der Waals surface area contributed by atoms with Gasteiger partial charge in [0, 0.05) is 6.07 Å². The van der Waals surface area contributed by atoms with E-state index in [2.05, 4.69) is 0 Å². The van der Waals surface area contributed by atoms with Crippen LogP contribution in [0, 0.1) is 10.1 Å². The van der Waals surface area contributed by atoms with Crippen LogP contribution in [0.5, 0.6) is 0 Å². The molecule has 0 unspecified atom stereocenters. The van der Waals surface area contributed by atoms with Gasteiger partial charge in [0.15, 0.2) is 0 Å². The lowest BCUT2D eigenvalue weighted by atomic mass is 10.0. The van der Waals surface area contributed by atoms with Crippen LogP contribution >= 0.6 is 11.3 Å². The highest BCUT2D eigenvalue weighted by Gasteiger charge is 2.16. The molecule has 2 N–H and O–H groups in total. The third-order valence-electron chi connectivity index (χ3n) is 2.47. The molecule has 1 aromatic heterocycles.